The van der Waals surface area contributed by atoms with Crippen molar-refractivity contribution in [3.63, 3.8) is 0 Å². The normalized spacial score (nSPS) is 36.6. The summed E-state index contributed by atoms with van der Waals surface area (Å²) < 4.78 is 5.39. The largest absolute Gasteiger partial charge is 0.394 e. The van der Waals surface area contributed by atoms with Gasteiger partial charge in [-0.3, -0.25) is 0 Å². The van der Waals surface area contributed by atoms with E-state index >= 15 is 0 Å². The zero-order valence-corrected chi connectivity index (χ0v) is 10.4. The molecular formula is C12H16O5S. The lowest BCUT2D eigenvalue weighted by Gasteiger charge is -2.39. The minimum atomic E-state index is -1.32. The molecule has 0 amide bonds. The molecule has 100 valence electrons. The van der Waals surface area contributed by atoms with Crippen LogP contribution in [-0.2, 0) is 4.74 Å². The monoisotopic (exact) mass is 272 g/mol. The van der Waals surface area contributed by atoms with E-state index in [0.717, 1.165) is 4.90 Å². The molecule has 18 heavy (non-hydrogen) atoms. The maximum atomic E-state index is 9.85. The molecule has 1 saturated heterocycles. The summed E-state index contributed by atoms with van der Waals surface area (Å²) in [6.45, 7) is -0.406. The molecule has 0 radical (unpaired) electrons. The van der Waals surface area contributed by atoms with E-state index in [1.807, 2.05) is 30.3 Å². The van der Waals surface area contributed by atoms with Crippen LogP contribution in [0.25, 0.3) is 0 Å². The minimum absolute atomic E-state index is 0.406. The van der Waals surface area contributed by atoms with Crippen LogP contribution in [0.4, 0.5) is 0 Å². The summed E-state index contributed by atoms with van der Waals surface area (Å²) in [6.07, 6.45) is -4.69. The summed E-state index contributed by atoms with van der Waals surface area (Å²) >= 11 is 1.24. The van der Waals surface area contributed by atoms with E-state index < -0.39 is 36.5 Å². The zero-order valence-electron chi connectivity index (χ0n) is 9.59. The van der Waals surface area contributed by atoms with Gasteiger partial charge in [-0.15, -0.1) is 0 Å². The fourth-order valence-corrected chi connectivity index (χ4v) is 2.88. The summed E-state index contributed by atoms with van der Waals surface area (Å²) in [7, 11) is 0. The Morgan fingerprint density at radius 2 is 1.67 bits per heavy atom. The Morgan fingerprint density at radius 1 is 1.00 bits per heavy atom. The van der Waals surface area contributed by atoms with E-state index in [9.17, 15) is 15.3 Å². The van der Waals surface area contributed by atoms with Crippen LogP contribution in [0.15, 0.2) is 35.2 Å². The smallest absolute Gasteiger partial charge is 0.136 e. The molecule has 1 aromatic rings. The number of hydrogen-bond donors (Lipinski definition) is 4. The lowest BCUT2D eigenvalue weighted by Crippen LogP contribution is -2.57. The highest BCUT2D eigenvalue weighted by atomic mass is 32.2. The van der Waals surface area contributed by atoms with Crippen LogP contribution in [0.3, 0.4) is 0 Å². The summed E-state index contributed by atoms with van der Waals surface area (Å²) in [6, 6.07) is 9.29. The fourth-order valence-electron chi connectivity index (χ4n) is 1.80. The van der Waals surface area contributed by atoms with Crippen molar-refractivity contribution in [1.29, 1.82) is 0 Å². The SMILES string of the molecule is OCC1O[C@H](Sc2ccccc2)C(O)C(O)[C@@H]1O. The fraction of sp³-hybridized carbons (Fsp3) is 0.500. The van der Waals surface area contributed by atoms with Gasteiger partial charge in [0, 0.05) is 4.90 Å². The first kappa shape index (κ1) is 13.8. The third-order valence-electron chi connectivity index (χ3n) is 2.84. The van der Waals surface area contributed by atoms with Gasteiger partial charge in [0.25, 0.3) is 0 Å². The molecule has 0 aliphatic carbocycles. The van der Waals surface area contributed by atoms with Gasteiger partial charge in [0.1, 0.15) is 29.9 Å². The van der Waals surface area contributed by atoms with Gasteiger partial charge < -0.3 is 25.2 Å². The van der Waals surface area contributed by atoms with Gasteiger partial charge in [-0.1, -0.05) is 30.0 Å². The van der Waals surface area contributed by atoms with Crippen LogP contribution in [-0.4, -0.2) is 56.9 Å². The van der Waals surface area contributed by atoms with Crippen molar-refractivity contribution >= 4 is 11.8 Å². The molecule has 0 aromatic heterocycles. The summed E-state index contributed by atoms with van der Waals surface area (Å²) in [4.78, 5) is 0.877. The Labute approximate surface area is 109 Å². The number of aliphatic hydroxyl groups excluding tert-OH is 4. The lowest BCUT2D eigenvalue weighted by molar-refractivity contribution is -0.205. The van der Waals surface area contributed by atoms with E-state index in [2.05, 4.69) is 0 Å². The van der Waals surface area contributed by atoms with Gasteiger partial charge in [0.05, 0.1) is 6.61 Å². The van der Waals surface area contributed by atoms with Crippen LogP contribution in [0.5, 0.6) is 0 Å². The molecule has 1 heterocycles. The highest BCUT2D eigenvalue weighted by molar-refractivity contribution is 7.99. The average molecular weight is 272 g/mol. The number of hydrogen-bond acceptors (Lipinski definition) is 6. The first-order chi connectivity index (χ1) is 8.63. The number of aliphatic hydroxyl groups is 4. The van der Waals surface area contributed by atoms with Crippen molar-refractivity contribution < 1.29 is 25.2 Å². The molecular weight excluding hydrogens is 256 g/mol. The van der Waals surface area contributed by atoms with Gasteiger partial charge in [-0.2, -0.15) is 0 Å². The van der Waals surface area contributed by atoms with Crippen LogP contribution >= 0.6 is 11.8 Å². The third kappa shape index (κ3) is 2.85. The van der Waals surface area contributed by atoms with E-state index in [1.165, 1.54) is 11.8 Å². The second-order valence-corrected chi connectivity index (χ2v) is 5.30. The highest BCUT2D eigenvalue weighted by Crippen LogP contribution is 2.32. The van der Waals surface area contributed by atoms with Gasteiger partial charge in [0.2, 0.25) is 0 Å². The van der Waals surface area contributed by atoms with Crippen molar-refractivity contribution in [3.05, 3.63) is 30.3 Å². The predicted molar refractivity (Wildman–Crippen MR) is 66.1 cm³/mol. The van der Waals surface area contributed by atoms with E-state index in [-0.39, 0.29) is 0 Å². The topological polar surface area (TPSA) is 90.2 Å². The molecule has 0 saturated carbocycles. The summed E-state index contributed by atoms with van der Waals surface area (Å²) in [5.74, 6) is 0. The van der Waals surface area contributed by atoms with Crippen LogP contribution in [0.1, 0.15) is 0 Å². The van der Waals surface area contributed by atoms with Gasteiger partial charge in [-0.05, 0) is 12.1 Å². The minimum Gasteiger partial charge on any atom is -0.394 e. The molecule has 0 spiro atoms. The van der Waals surface area contributed by atoms with Crippen LogP contribution in [0.2, 0.25) is 0 Å². The standard InChI is InChI=1S/C12H16O5S/c13-6-8-9(14)10(15)11(16)12(17-8)18-7-4-2-1-3-5-7/h1-5,8-16H,6H2/t8?,9-,10?,11?,12-/m1/s1. The average Bonchev–Trinajstić information content (AvgIpc) is 2.40. The van der Waals surface area contributed by atoms with Crippen molar-refractivity contribution in [3.8, 4) is 0 Å². The van der Waals surface area contributed by atoms with Crippen LogP contribution < -0.4 is 0 Å². The number of ether oxygens (including phenoxy) is 1. The zero-order chi connectivity index (χ0) is 13.1. The number of thioether (sulfide) groups is 1. The van der Waals surface area contributed by atoms with Gasteiger partial charge in [-0.25, -0.2) is 0 Å². The Hall–Kier alpha value is -0.630. The van der Waals surface area contributed by atoms with Crippen molar-refractivity contribution in [1.82, 2.24) is 0 Å². The lowest BCUT2D eigenvalue weighted by atomic mass is 10.0. The molecule has 1 aliphatic rings. The molecule has 1 aromatic carbocycles. The third-order valence-corrected chi connectivity index (χ3v) is 4.01. The second-order valence-electron chi connectivity index (χ2n) is 4.13. The van der Waals surface area contributed by atoms with Gasteiger partial charge in [0.15, 0.2) is 0 Å². The van der Waals surface area contributed by atoms with E-state index in [1.54, 1.807) is 0 Å². The quantitative estimate of drug-likeness (QED) is 0.597. The molecule has 1 aliphatic heterocycles. The van der Waals surface area contributed by atoms with Crippen LogP contribution in [0, 0.1) is 0 Å². The molecule has 3 unspecified atom stereocenters. The van der Waals surface area contributed by atoms with Crippen molar-refractivity contribution in [2.24, 2.45) is 0 Å². The molecule has 6 heteroatoms. The molecule has 4 N–H and O–H groups in total. The molecule has 0 bridgehead atoms. The van der Waals surface area contributed by atoms with Crippen molar-refractivity contribution in [2.45, 2.75) is 34.7 Å². The number of rotatable bonds is 3. The first-order valence-electron chi connectivity index (χ1n) is 5.65. The summed E-state index contributed by atoms with van der Waals surface area (Å²) in [5, 5.41) is 38.2. The Bertz CT molecular complexity index is 372. The summed E-state index contributed by atoms with van der Waals surface area (Å²) in [5.41, 5.74) is -0.719. The maximum absolute atomic E-state index is 9.85. The molecule has 5 atom stereocenters. The Kier molecular flexibility index (Phi) is 4.60. The van der Waals surface area contributed by atoms with Crippen molar-refractivity contribution in [2.75, 3.05) is 6.61 Å². The molecule has 2 rings (SSSR count). The maximum Gasteiger partial charge on any atom is 0.136 e. The highest BCUT2D eigenvalue weighted by Gasteiger charge is 2.43. The molecule has 1 fully saturated rings. The Morgan fingerprint density at radius 3 is 2.28 bits per heavy atom. The Balaban J connectivity index is 2.08. The number of benzene rings is 1. The second kappa shape index (κ2) is 6.01. The van der Waals surface area contributed by atoms with E-state index in [4.69, 9.17) is 9.84 Å². The molecule has 5 nitrogen and oxygen atoms in total. The van der Waals surface area contributed by atoms with E-state index in [0.29, 0.717) is 0 Å². The predicted octanol–water partition coefficient (Wildman–Crippen LogP) is -0.421. The van der Waals surface area contributed by atoms with Gasteiger partial charge >= 0.3 is 0 Å². The first-order valence-corrected chi connectivity index (χ1v) is 6.53.